The predicted octanol–water partition coefficient (Wildman–Crippen LogP) is 1.88. The molecule has 0 bridgehead atoms. The summed E-state index contributed by atoms with van der Waals surface area (Å²) in [7, 11) is 0. The number of nitrogens with zero attached hydrogens (tertiary/aromatic N) is 2. The number of aromatic amines is 1. The summed E-state index contributed by atoms with van der Waals surface area (Å²) in [6.45, 7) is 1.75. The van der Waals surface area contributed by atoms with Crippen LogP contribution in [0.5, 0.6) is 0 Å². The highest BCUT2D eigenvalue weighted by Crippen LogP contribution is 2.22. The molecule has 2 aromatic rings. The Bertz CT molecular complexity index is 592. The summed E-state index contributed by atoms with van der Waals surface area (Å²) in [5.74, 6) is -0.287. The summed E-state index contributed by atoms with van der Waals surface area (Å²) in [6.07, 6.45) is 2.98. The van der Waals surface area contributed by atoms with Crippen molar-refractivity contribution in [2.75, 3.05) is 5.32 Å². The monoisotopic (exact) mass is 246 g/mol. The van der Waals surface area contributed by atoms with Crippen molar-refractivity contribution < 1.29 is 9.72 Å². The minimum Gasteiger partial charge on any atom is -0.341 e. The summed E-state index contributed by atoms with van der Waals surface area (Å²) in [5, 5.41) is 13.2. The topological polar surface area (TPSA) is 101 Å². The van der Waals surface area contributed by atoms with Gasteiger partial charge in [-0.2, -0.15) is 0 Å². The zero-order chi connectivity index (χ0) is 13.1. The van der Waals surface area contributed by atoms with Gasteiger partial charge in [0.15, 0.2) is 5.82 Å². The molecule has 2 N–H and O–H groups in total. The van der Waals surface area contributed by atoms with E-state index < -0.39 is 10.8 Å². The van der Waals surface area contributed by atoms with Crippen molar-refractivity contribution in [2.45, 2.75) is 6.92 Å². The van der Waals surface area contributed by atoms with Crippen LogP contribution in [0.3, 0.4) is 0 Å². The van der Waals surface area contributed by atoms with Crippen molar-refractivity contribution >= 4 is 17.3 Å². The van der Waals surface area contributed by atoms with Crippen LogP contribution in [0.1, 0.15) is 16.2 Å². The number of nitro groups is 1. The van der Waals surface area contributed by atoms with Gasteiger partial charge in [-0.15, -0.1) is 0 Å². The number of carbonyl (C=O) groups is 1. The number of nitro benzene ring substituents is 1. The quantitative estimate of drug-likeness (QED) is 0.637. The third kappa shape index (κ3) is 2.34. The van der Waals surface area contributed by atoms with Crippen molar-refractivity contribution in [1.29, 1.82) is 0 Å². The minimum atomic E-state index is -0.512. The second kappa shape index (κ2) is 4.66. The smallest absolute Gasteiger partial charge is 0.291 e. The second-order valence-electron chi connectivity index (χ2n) is 3.65. The van der Waals surface area contributed by atoms with Gasteiger partial charge in [0.2, 0.25) is 0 Å². The van der Waals surface area contributed by atoms with E-state index in [0.717, 1.165) is 5.56 Å². The van der Waals surface area contributed by atoms with Gasteiger partial charge in [-0.25, -0.2) is 4.98 Å². The maximum absolute atomic E-state index is 11.7. The van der Waals surface area contributed by atoms with Crippen LogP contribution in [0, 0.1) is 17.0 Å². The lowest BCUT2D eigenvalue weighted by molar-refractivity contribution is -0.384. The van der Waals surface area contributed by atoms with E-state index in [1.54, 1.807) is 13.0 Å². The van der Waals surface area contributed by atoms with Gasteiger partial charge in [-0.3, -0.25) is 14.9 Å². The molecule has 0 fully saturated rings. The first kappa shape index (κ1) is 11.8. The SMILES string of the molecule is Cc1ccc([N+](=O)[O-])cc1NC(=O)c1ncc[nH]1. The van der Waals surface area contributed by atoms with Gasteiger partial charge in [0.05, 0.1) is 10.6 Å². The lowest BCUT2D eigenvalue weighted by Crippen LogP contribution is -2.14. The molecular weight excluding hydrogens is 236 g/mol. The molecular formula is C11H10N4O3. The molecule has 0 aliphatic rings. The Hall–Kier alpha value is -2.70. The van der Waals surface area contributed by atoms with Crippen molar-refractivity contribution in [3.63, 3.8) is 0 Å². The molecule has 0 spiro atoms. The zero-order valence-electron chi connectivity index (χ0n) is 9.51. The Morgan fingerprint density at radius 2 is 2.28 bits per heavy atom. The number of aryl methyl sites for hydroxylation is 1. The molecule has 18 heavy (non-hydrogen) atoms. The van der Waals surface area contributed by atoms with E-state index in [0.29, 0.717) is 5.69 Å². The highest BCUT2D eigenvalue weighted by Gasteiger charge is 2.13. The summed E-state index contributed by atoms with van der Waals surface area (Å²) < 4.78 is 0. The van der Waals surface area contributed by atoms with Crippen LogP contribution >= 0.6 is 0 Å². The maximum atomic E-state index is 11.7. The van der Waals surface area contributed by atoms with E-state index in [9.17, 15) is 14.9 Å². The number of hydrogen-bond donors (Lipinski definition) is 2. The lowest BCUT2D eigenvalue weighted by atomic mass is 10.2. The number of imidazole rings is 1. The van der Waals surface area contributed by atoms with Crippen molar-refractivity contribution in [2.24, 2.45) is 0 Å². The summed E-state index contributed by atoms with van der Waals surface area (Å²) >= 11 is 0. The molecule has 0 unspecified atom stereocenters. The highest BCUT2D eigenvalue weighted by atomic mass is 16.6. The molecule has 1 aromatic carbocycles. The minimum absolute atomic E-state index is 0.0738. The molecule has 92 valence electrons. The van der Waals surface area contributed by atoms with Crippen LogP contribution in [0.25, 0.3) is 0 Å². The average Bonchev–Trinajstić information content (AvgIpc) is 2.85. The molecule has 7 heteroatoms. The highest BCUT2D eigenvalue weighted by molar-refractivity contribution is 6.02. The number of rotatable bonds is 3. The van der Waals surface area contributed by atoms with Crippen LogP contribution < -0.4 is 5.32 Å². The fourth-order valence-electron chi connectivity index (χ4n) is 1.43. The molecule has 0 aliphatic heterocycles. The van der Waals surface area contributed by atoms with Gasteiger partial charge < -0.3 is 10.3 Å². The van der Waals surface area contributed by atoms with Crippen molar-refractivity contribution in [3.8, 4) is 0 Å². The fraction of sp³-hybridized carbons (Fsp3) is 0.0909. The Labute approximate surface area is 102 Å². The van der Waals surface area contributed by atoms with Crippen LogP contribution in [0.2, 0.25) is 0 Å². The Balaban J connectivity index is 2.26. The average molecular weight is 246 g/mol. The Kier molecular flexibility index (Phi) is 3.05. The first-order valence-corrected chi connectivity index (χ1v) is 5.13. The maximum Gasteiger partial charge on any atom is 0.291 e. The summed E-state index contributed by atoms with van der Waals surface area (Å²) in [5.41, 5.74) is 1.06. The number of anilines is 1. The van der Waals surface area contributed by atoms with Gasteiger partial charge in [0.25, 0.3) is 11.6 Å². The van der Waals surface area contributed by atoms with E-state index in [1.165, 1.54) is 24.5 Å². The van der Waals surface area contributed by atoms with Crippen LogP contribution in [0.15, 0.2) is 30.6 Å². The second-order valence-corrected chi connectivity index (χ2v) is 3.65. The van der Waals surface area contributed by atoms with Gasteiger partial charge in [0.1, 0.15) is 0 Å². The van der Waals surface area contributed by atoms with Crippen LogP contribution in [-0.2, 0) is 0 Å². The Morgan fingerprint density at radius 1 is 1.50 bits per heavy atom. The molecule has 0 aliphatic carbocycles. The molecule has 1 heterocycles. The number of aromatic nitrogens is 2. The first-order chi connectivity index (χ1) is 8.58. The number of carbonyl (C=O) groups excluding carboxylic acids is 1. The van der Waals surface area contributed by atoms with Gasteiger partial charge in [-0.1, -0.05) is 6.07 Å². The fourth-order valence-corrected chi connectivity index (χ4v) is 1.43. The molecule has 1 aromatic heterocycles. The predicted molar refractivity (Wildman–Crippen MR) is 64.4 cm³/mol. The Morgan fingerprint density at radius 3 is 2.89 bits per heavy atom. The van der Waals surface area contributed by atoms with Gasteiger partial charge in [0, 0.05) is 24.5 Å². The molecule has 0 saturated heterocycles. The molecule has 0 saturated carbocycles. The van der Waals surface area contributed by atoms with Crippen molar-refractivity contribution in [3.05, 3.63) is 52.1 Å². The van der Waals surface area contributed by atoms with Crippen LogP contribution in [-0.4, -0.2) is 20.8 Å². The van der Waals surface area contributed by atoms with E-state index in [4.69, 9.17) is 0 Å². The third-order valence-electron chi connectivity index (χ3n) is 2.39. The van der Waals surface area contributed by atoms with Gasteiger partial charge >= 0.3 is 0 Å². The van der Waals surface area contributed by atoms with Gasteiger partial charge in [-0.05, 0) is 12.5 Å². The molecule has 0 atom stereocenters. The number of hydrogen-bond acceptors (Lipinski definition) is 4. The van der Waals surface area contributed by atoms with E-state index in [2.05, 4.69) is 15.3 Å². The number of nitrogens with one attached hydrogen (secondary N) is 2. The zero-order valence-corrected chi connectivity index (χ0v) is 9.51. The molecule has 7 nitrogen and oxygen atoms in total. The van der Waals surface area contributed by atoms with E-state index >= 15 is 0 Å². The van der Waals surface area contributed by atoms with Crippen molar-refractivity contribution in [1.82, 2.24) is 9.97 Å². The standard InChI is InChI=1S/C11H10N4O3/c1-7-2-3-8(15(17)18)6-9(7)14-11(16)10-12-4-5-13-10/h2-6H,1H3,(H,12,13)(H,14,16). The summed E-state index contributed by atoms with van der Waals surface area (Å²) in [4.78, 5) is 28.3. The lowest BCUT2D eigenvalue weighted by Gasteiger charge is -2.06. The number of benzene rings is 1. The first-order valence-electron chi connectivity index (χ1n) is 5.13. The number of non-ortho nitro benzene ring substituents is 1. The molecule has 2 rings (SSSR count). The van der Waals surface area contributed by atoms with E-state index in [-0.39, 0.29) is 11.5 Å². The normalized spacial score (nSPS) is 10.1. The third-order valence-corrected chi connectivity index (χ3v) is 2.39. The van der Waals surface area contributed by atoms with Crippen LogP contribution in [0.4, 0.5) is 11.4 Å². The van der Waals surface area contributed by atoms with E-state index in [1.807, 2.05) is 0 Å². The largest absolute Gasteiger partial charge is 0.341 e. The molecule has 0 radical (unpaired) electrons. The number of amides is 1. The summed E-state index contributed by atoms with van der Waals surface area (Å²) in [6, 6.07) is 4.28. The molecule has 1 amide bonds. The number of H-pyrrole nitrogens is 1.